The summed E-state index contributed by atoms with van der Waals surface area (Å²) in [7, 11) is 2.75. The van der Waals surface area contributed by atoms with Crippen molar-refractivity contribution in [3.05, 3.63) is 150 Å². The fourth-order valence-corrected chi connectivity index (χ4v) is 24.7. The number of hydrogen-bond donors (Lipinski definition) is 10. The normalized spacial score (nSPS) is 25.6. The molecule has 0 radical (unpaired) electrons. The van der Waals surface area contributed by atoms with E-state index in [0.717, 1.165) is 190 Å². The van der Waals surface area contributed by atoms with E-state index in [2.05, 4.69) is 152 Å². The first-order valence-corrected chi connectivity index (χ1v) is 49.0. The number of rotatable bonds is 20. The number of Topliss-reactive ketones (excluding diaryl/α,β-unsaturated/α-hetero) is 2. The van der Waals surface area contributed by atoms with Crippen molar-refractivity contribution in [2.24, 2.45) is 88.8 Å². The van der Waals surface area contributed by atoms with Crippen LogP contribution < -0.4 is 61.2 Å². The van der Waals surface area contributed by atoms with E-state index in [1.165, 1.54) is 44.6 Å². The molecular weight excluding hydrogens is 1950 g/mol. The number of fused-ring (bicyclic) bond motifs is 20. The number of aromatic amines is 5. The average molecular weight is 2050 g/mol. The van der Waals surface area contributed by atoms with Crippen molar-refractivity contribution in [2.75, 3.05) is 40.8 Å². The number of carbonyl (C=O) groups excluding carboxylic acids is 5. The summed E-state index contributed by atoms with van der Waals surface area (Å²) in [5.74, 6) is -5.64. The number of aromatic nitrogens is 25. The van der Waals surface area contributed by atoms with Crippen molar-refractivity contribution in [3.8, 4) is 57.6 Å². The van der Waals surface area contributed by atoms with Crippen LogP contribution in [0.25, 0.3) is 113 Å². The maximum absolute atomic E-state index is 14.6. The molecular formula is C99H97F10N30NaO8. The van der Waals surface area contributed by atoms with Crippen molar-refractivity contribution in [1.29, 1.82) is 0 Å². The van der Waals surface area contributed by atoms with Gasteiger partial charge in [0.05, 0.1) is 115 Å². The van der Waals surface area contributed by atoms with Crippen molar-refractivity contribution >= 4 is 114 Å². The SMILES string of the molecule is CC(=O)C1C2CCC(CC2)C1Nc1nc(-c2[nH]nc3ncc(F)cc23)ncc1F.CC(=O)C1C2CCC(CC2)C1Nc1nc(-c2[nH]nc3ncc(F)cc23)ncc1F.COC(=O)C1C2CCC(CC2)C1Nc1nc(-c2[nH]nc3ncc(F)cc23)ncc1F.COC(=O)C1C2CCC(CC2)C1Nc1nc(-c2[nH]nc3ncc(F)cc23)ncc1F.O=C([O-])C1C2CCC(CC2)C1Nc1nc(-c2[nH]nc3ncc(F)cc23)ncc1F.[Na+]. The van der Waals surface area contributed by atoms with Gasteiger partial charge in [-0.25, -0.2) is 119 Å². The van der Waals surface area contributed by atoms with Gasteiger partial charge in [-0.05, 0) is 232 Å². The number of nitrogens with zero attached hydrogens (tertiary/aromatic N) is 20. The number of H-pyrrole nitrogens is 5. The Balaban J connectivity index is 0.000000112. The summed E-state index contributed by atoms with van der Waals surface area (Å²) in [5.41, 5.74) is 3.27. The molecule has 10 atom stereocenters. The van der Waals surface area contributed by atoms with Crippen LogP contribution in [-0.4, -0.2) is 200 Å². The number of ether oxygens (including phenoxy) is 2. The van der Waals surface area contributed by atoms with Gasteiger partial charge >= 0.3 is 41.5 Å². The fourth-order valence-electron chi connectivity index (χ4n) is 24.7. The molecule has 30 rings (SSSR count). The molecule has 0 saturated heterocycles. The van der Waals surface area contributed by atoms with E-state index in [4.69, 9.17) is 9.47 Å². The molecule has 0 aliphatic heterocycles. The molecule has 49 heteroatoms. The predicted molar refractivity (Wildman–Crippen MR) is 506 cm³/mol. The molecule has 15 heterocycles. The zero-order chi connectivity index (χ0) is 102. The van der Waals surface area contributed by atoms with Crippen molar-refractivity contribution in [1.82, 2.24) is 126 Å². The van der Waals surface area contributed by atoms with Gasteiger partial charge in [0.25, 0.3) is 0 Å². The van der Waals surface area contributed by atoms with Gasteiger partial charge in [0.15, 0.2) is 116 Å². The van der Waals surface area contributed by atoms with Crippen LogP contribution >= 0.6 is 0 Å². The second-order valence-electron chi connectivity index (χ2n) is 39.5. The molecule has 0 aromatic carbocycles. The summed E-state index contributed by atoms with van der Waals surface area (Å²) in [6, 6.07) is 5.09. The van der Waals surface area contributed by atoms with Crippen molar-refractivity contribution < 1.29 is 112 Å². The molecule has 15 aliphatic rings. The Morgan fingerprint density at radius 2 is 0.459 bits per heavy atom. The maximum atomic E-state index is 14.6. The number of hydrogen-bond acceptors (Lipinski definition) is 33. The molecule has 0 spiro atoms. The largest absolute Gasteiger partial charge is 1.00 e. The van der Waals surface area contributed by atoms with Gasteiger partial charge in [-0.2, -0.15) is 25.5 Å². The van der Waals surface area contributed by atoms with Gasteiger partial charge in [0.1, 0.15) is 69.1 Å². The van der Waals surface area contributed by atoms with Crippen molar-refractivity contribution in [2.45, 2.75) is 172 Å². The zero-order valence-corrected chi connectivity index (χ0v) is 82.3. The standard InChI is InChI=1S/2C20H20F2N6O2.2C20H20F2N6O.C19H18F2N6O2.Na/c2*1-30-20(29)14-9-2-4-10(5-3-9)15(14)25-18-13(22)8-24-19(26-18)16-12-6-11(21)7-23-17(12)28-27-16;2*1-9(29)15-10-2-4-11(5-3-10)16(15)25-19-14(22)8-24-20(26-19)17-13-6-12(21)7-23-18(13)28-27-17;20-10-5-11-15(26-27-16(11)22-6-10)18-23-7-12(21)17(25-18)24-14-9-3-1-8(2-4-9)13(14)19(28)29;/h2*6-10,14-15H,2-5H2,1H3,(H,23,27,28)(H,24,25,26);2*6-8,10-11,15-16H,2-5H2,1H3,(H,23,27,28)(H,24,25,26);5-9,13-14H,1-4H2,(H,28,29)(H,22,26,27)(H,23,24,25);/q;;;;;+1/p-1. The Bertz CT molecular complexity index is 6950. The maximum Gasteiger partial charge on any atom is 1.00 e. The second-order valence-corrected chi connectivity index (χ2v) is 39.5. The summed E-state index contributed by atoms with van der Waals surface area (Å²) >= 11 is 0. The molecule has 10 bridgehead atoms. The first-order chi connectivity index (χ1) is 71.1. The second kappa shape index (κ2) is 42.4. The Hall–Kier alpha value is -14.5. The van der Waals surface area contributed by atoms with Crippen LogP contribution in [0.5, 0.6) is 0 Å². The molecule has 15 saturated carbocycles. The average Bonchev–Trinajstić information content (AvgIpc) is 1.16. The number of carbonyl (C=O) groups is 5. The van der Waals surface area contributed by atoms with E-state index >= 15 is 0 Å². The van der Waals surface area contributed by atoms with Crippen molar-refractivity contribution in [3.63, 3.8) is 0 Å². The first-order valence-electron chi connectivity index (χ1n) is 49.0. The Kier molecular flexibility index (Phi) is 28.9. The van der Waals surface area contributed by atoms with Crippen LogP contribution in [0.1, 0.15) is 142 Å². The molecule has 10 N–H and O–H groups in total. The van der Waals surface area contributed by atoms with E-state index in [-0.39, 0.29) is 200 Å². The van der Waals surface area contributed by atoms with Crippen LogP contribution in [-0.2, 0) is 33.4 Å². The van der Waals surface area contributed by atoms with Gasteiger partial charge in [-0.1, -0.05) is 0 Å². The number of halogens is 10. The molecule has 148 heavy (non-hydrogen) atoms. The number of carboxylic acids is 1. The minimum Gasteiger partial charge on any atom is -0.550 e. The van der Waals surface area contributed by atoms with Gasteiger partial charge < -0.3 is 46.0 Å². The fraction of sp³-hybridized carbons (Fsp3) is 0.444. The molecule has 10 unspecified atom stereocenters. The Labute approximate surface area is 856 Å². The predicted octanol–water partition coefficient (Wildman–Crippen LogP) is 11.8. The van der Waals surface area contributed by atoms with Gasteiger partial charge in [-0.3, -0.25) is 44.7 Å². The number of carboxylic acid groups (broad SMARTS) is 1. The third-order valence-corrected chi connectivity index (χ3v) is 31.5. The van der Waals surface area contributed by atoms with Gasteiger partial charge in [0, 0.05) is 53.9 Å². The molecule has 15 aromatic heterocycles. The number of ketones is 2. The third-order valence-electron chi connectivity index (χ3n) is 31.5. The van der Waals surface area contributed by atoms with Crippen LogP contribution in [0.15, 0.2) is 92.3 Å². The third kappa shape index (κ3) is 20.0. The number of anilines is 5. The molecule has 15 fully saturated rings. The topological polar surface area (TPSA) is 524 Å². The van der Waals surface area contributed by atoms with E-state index < -0.39 is 76.1 Å². The number of nitrogens with one attached hydrogen (secondary N) is 10. The summed E-state index contributed by atoms with van der Waals surface area (Å²) in [5, 5.41) is 63.2. The number of esters is 2. The quantitative estimate of drug-likeness (QED) is 0.0192. The minimum atomic E-state index is -1.12. The van der Waals surface area contributed by atoms with E-state index in [1.807, 2.05) is 0 Å². The molecule has 38 nitrogen and oxygen atoms in total. The van der Waals surface area contributed by atoms with Gasteiger partial charge in [0.2, 0.25) is 0 Å². The van der Waals surface area contributed by atoms with Gasteiger partial charge in [-0.15, -0.1) is 0 Å². The zero-order valence-electron chi connectivity index (χ0n) is 80.3. The van der Waals surface area contributed by atoms with Crippen LogP contribution in [0, 0.1) is 147 Å². The number of methoxy groups -OCH3 is 2. The number of pyridine rings is 5. The van der Waals surface area contributed by atoms with Crippen LogP contribution in [0.3, 0.4) is 0 Å². The smallest absolute Gasteiger partial charge is 0.550 e. The Morgan fingerprint density at radius 3 is 0.655 bits per heavy atom. The summed E-state index contributed by atoms with van der Waals surface area (Å²) in [6.07, 6.45) is 30.2. The van der Waals surface area contributed by atoms with Crippen LogP contribution in [0.4, 0.5) is 73.0 Å². The van der Waals surface area contributed by atoms with E-state index in [1.54, 1.807) is 13.8 Å². The molecule has 0 amide bonds. The monoisotopic (exact) mass is 2050 g/mol. The Morgan fingerprint density at radius 1 is 0.277 bits per heavy atom. The summed E-state index contributed by atoms with van der Waals surface area (Å²) in [4.78, 5) is 122. The summed E-state index contributed by atoms with van der Waals surface area (Å²) < 4.78 is 151. The summed E-state index contributed by atoms with van der Waals surface area (Å²) in [6.45, 7) is 3.22. The van der Waals surface area contributed by atoms with E-state index in [0.29, 0.717) is 102 Å². The van der Waals surface area contributed by atoms with E-state index in [9.17, 15) is 73.0 Å². The molecule has 15 aliphatic carbocycles. The molecule has 15 aromatic rings. The minimum absolute atomic E-state index is 0. The first kappa shape index (κ1) is 101. The van der Waals surface area contributed by atoms with Crippen LogP contribution in [0.2, 0.25) is 0 Å². The number of aliphatic carboxylic acids is 1. The molecule has 762 valence electrons.